The Hall–Kier alpha value is -0.830. The molecule has 0 atom stereocenters. The summed E-state index contributed by atoms with van der Waals surface area (Å²) >= 11 is 0. The van der Waals surface area contributed by atoms with Crippen LogP contribution in [0.15, 0.2) is 11.6 Å². The number of methoxy groups -OCH3 is 1. The molecule has 1 saturated carbocycles. The standard InChI is InChI=1S/C15H27NO2/c1-5-13(15(17)18-4)10-11-16(3)14-8-6-12(2)7-9-14/h10,12,14H,5-9,11H2,1-4H3. The molecule has 0 aromatic carbocycles. The molecule has 0 aromatic heterocycles. The van der Waals surface area contributed by atoms with Crippen molar-refractivity contribution in [3.05, 3.63) is 11.6 Å². The maximum atomic E-state index is 11.5. The van der Waals surface area contributed by atoms with Crippen LogP contribution in [0.2, 0.25) is 0 Å². The minimum atomic E-state index is -0.192. The quantitative estimate of drug-likeness (QED) is 0.557. The van der Waals surface area contributed by atoms with Gasteiger partial charge in [0.15, 0.2) is 0 Å². The summed E-state index contributed by atoms with van der Waals surface area (Å²) in [6.45, 7) is 5.17. The van der Waals surface area contributed by atoms with Gasteiger partial charge in [-0.3, -0.25) is 4.90 Å². The number of likely N-dealkylation sites (N-methyl/N-ethyl adjacent to an activating group) is 1. The average Bonchev–Trinajstić information content (AvgIpc) is 2.39. The third-order valence-electron chi connectivity index (χ3n) is 4.06. The average molecular weight is 253 g/mol. The highest BCUT2D eigenvalue weighted by molar-refractivity contribution is 5.88. The van der Waals surface area contributed by atoms with E-state index >= 15 is 0 Å². The molecule has 0 saturated heterocycles. The van der Waals surface area contributed by atoms with E-state index in [9.17, 15) is 4.79 Å². The first-order valence-electron chi connectivity index (χ1n) is 7.06. The summed E-state index contributed by atoms with van der Waals surface area (Å²) in [6.07, 6.45) is 7.98. The normalized spacial score (nSPS) is 25.3. The molecule has 0 amide bonds. The third kappa shape index (κ3) is 4.45. The van der Waals surface area contributed by atoms with Crippen molar-refractivity contribution in [1.82, 2.24) is 4.90 Å². The van der Waals surface area contributed by atoms with Gasteiger partial charge in [-0.15, -0.1) is 0 Å². The first kappa shape index (κ1) is 15.2. The lowest BCUT2D eigenvalue weighted by Crippen LogP contribution is -2.35. The second-order valence-electron chi connectivity index (χ2n) is 5.43. The zero-order chi connectivity index (χ0) is 13.5. The number of esters is 1. The predicted molar refractivity (Wildman–Crippen MR) is 74.4 cm³/mol. The van der Waals surface area contributed by atoms with E-state index in [0.29, 0.717) is 6.04 Å². The molecule has 18 heavy (non-hydrogen) atoms. The van der Waals surface area contributed by atoms with E-state index in [2.05, 4.69) is 18.9 Å². The van der Waals surface area contributed by atoms with Crippen LogP contribution in [0.5, 0.6) is 0 Å². The van der Waals surface area contributed by atoms with Gasteiger partial charge in [0, 0.05) is 18.2 Å². The van der Waals surface area contributed by atoms with Gasteiger partial charge in [-0.25, -0.2) is 4.79 Å². The van der Waals surface area contributed by atoms with Crippen molar-refractivity contribution in [2.24, 2.45) is 5.92 Å². The molecule has 0 radical (unpaired) electrons. The van der Waals surface area contributed by atoms with Crippen LogP contribution in [-0.4, -0.2) is 37.6 Å². The molecule has 0 aromatic rings. The van der Waals surface area contributed by atoms with E-state index in [1.165, 1.54) is 32.8 Å². The van der Waals surface area contributed by atoms with Crippen molar-refractivity contribution in [1.29, 1.82) is 0 Å². The molecule has 0 bridgehead atoms. The fraction of sp³-hybridized carbons (Fsp3) is 0.800. The Balaban J connectivity index is 2.46. The molecular formula is C15H27NO2. The number of carbonyl (C=O) groups excluding carboxylic acids is 1. The Labute approximate surface area is 111 Å². The largest absolute Gasteiger partial charge is 0.466 e. The second kappa shape index (κ2) is 7.57. The first-order valence-corrected chi connectivity index (χ1v) is 7.06. The summed E-state index contributed by atoms with van der Waals surface area (Å²) in [5.41, 5.74) is 0.786. The monoisotopic (exact) mass is 253 g/mol. The Bertz CT molecular complexity index is 291. The molecule has 1 aliphatic rings. The summed E-state index contributed by atoms with van der Waals surface area (Å²) in [5.74, 6) is 0.689. The highest BCUT2D eigenvalue weighted by Gasteiger charge is 2.21. The molecule has 0 unspecified atom stereocenters. The molecule has 3 nitrogen and oxygen atoms in total. The van der Waals surface area contributed by atoms with Crippen LogP contribution in [-0.2, 0) is 9.53 Å². The van der Waals surface area contributed by atoms with Crippen molar-refractivity contribution < 1.29 is 9.53 Å². The molecule has 1 fully saturated rings. The Morgan fingerprint density at radius 1 is 1.33 bits per heavy atom. The Morgan fingerprint density at radius 3 is 2.44 bits per heavy atom. The fourth-order valence-corrected chi connectivity index (χ4v) is 2.59. The van der Waals surface area contributed by atoms with Crippen molar-refractivity contribution in [2.75, 3.05) is 20.7 Å². The molecule has 104 valence electrons. The molecular weight excluding hydrogens is 226 g/mol. The van der Waals surface area contributed by atoms with E-state index in [0.717, 1.165) is 24.5 Å². The lowest BCUT2D eigenvalue weighted by molar-refractivity contribution is -0.136. The molecule has 1 rings (SSSR count). The first-order chi connectivity index (χ1) is 8.58. The van der Waals surface area contributed by atoms with Gasteiger partial charge in [-0.2, -0.15) is 0 Å². The van der Waals surface area contributed by atoms with E-state index in [-0.39, 0.29) is 5.97 Å². The molecule has 0 spiro atoms. The van der Waals surface area contributed by atoms with Crippen LogP contribution >= 0.6 is 0 Å². The fourth-order valence-electron chi connectivity index (χ4n) is 2.59. The maximum Gasteiger partial charge on any atom is 0.333 e. The van der Waals surface area contributed by atoms with Crippen LogP contribution in [0.1, 0.15) is 46.0 Å². The molecule has 0 N–H and O–H groups in total. The predicted octanol–water partition coefficient (Wildman–Crippen LogP) is 3.01. The summed E-state index contributed by atoms with van der Waals surface area (Å²) < 4.78 is 4.77. The highest BCUT2D eigenvalue weighted by atomic mass is 16.5. The van der Waals surface area contributed by atoms with Crippen LogP contribution in [0.25, 0.3) is 0 Å². The molecule has 3 heteroatoms. The van der Waals surface area contributed by atoms with Gasteiger partial charge in [-0.1, -0.05) is 19.9 Å². The van der Waals surface area contributed by atoms with Crippen molar-refractivity contribution in [2.45, 2.75) is 52.0 Å². The summed E-state index contributed by atoms with van der Waals surface area (Å²) in [4.78, 5) is 13.8. The van der Waals surface area contributed by atoms with Gasteiger partial charge in [0.05, 0.1) is 7.11 Å². The zero-order valence-corrected chi connectivity index (χ0v) is 12.2. The van der Waals surface area contributed by atoms with E-state index in [1.807, 2.05) is 13.0 Å². The van der Waals surface area contributed by atoms with E-state index in [1.54, 1.807) is 0 Å². The van der Waals surface area contributed by atoms with Crippen LogP contribution in [0.4, 0.5) is 0 Å². The lowest BCUT2D eigenvalue weighted by atomic mass is 9.87. The minimum absolute atomic E-state index is 0.192. The van der Waals surface area contributed by atoms with E-state index < -0.39 is 0 Å². The summed E-state index contributed by atoms with van der Waals surface area (Å²) in [7, 11) is 3.60. The maximum absolute atomic E-state index is 11.5. The highest BCUT2D eigenvalue weighted by Crippen LogP contribution is 2.26. The zero-order valence-electron chi connectivity index (χ0n) is 12.2. The number of nitrogens with zero attached hydrogens (tertiary/aromatic N) is 1. The molecule has 0 aliphatic heterocycles. The number of hydrogen-bond acceptors (Lipinski definition) is 3. The molecule has 0 heterocycles. The Kier molecular flexibility index (Phi) is 6.41. The lowest BCUT2D eigenvalue weighted by Gasteiger charge is -2.33. The second-order valence-corrected chi connectivity index (χ2v) is 5.43. The van der Waals surface area contributed by atoms with E-state index in [4.69, 9.17) is 4.74 Å². The SMILES string of the molecule is CCC(=CCN(C)C1CCC(C)CC1)C(=O)OC. The van der Waals surface area contributed by atoms with Gasteiger partial charge in [0.1, 0.15) is 0 Å². The van der Waals surface area contributed by atoms with Gasteiger partial charge in [0.25, 0.3) is 0 Å². The van der Waals surface area contributed by atoms with Crippen molar-refractivity contribution >= 4 is 5.97 Å². The van der Waals surface area contributed by atoms with Crippen molar-refractivity contribution in [3.8, 4) is 0 Å². The van der Waals surface area contributed by atoms with Crippen LogP contribution in [0, 0.1) is 5.92 Å². The summed E-state index contributed by atoms with van der Waals surface area (Å²) in [5, 5.41) is 0. The van der Waals surface area contributed by atoms with Crippen molar-refractivity contribution in [3.63, 3.8) is 0 Å². The number of hydrogen-bond donors (Lipinski definition) is 0. The van der Waals surface area contributed by atoms with Gasteiger partial charge >= 0.3 is 5.97 Å². The summed E-state index contributed by atoms with van der Waals surface area (Å²) in [6, 6.07) is 0.674. The Morgan fingerprint density at radius 2 is 1.94 bits per heavy atom. The van der Waals surface area contributed by atoms with Gasteiger partial charge < -0.3 is 4.74 Å². The topological polar surface area (TPSA) is 29.5 Å². The van der Waals surface area contributed by atoms with Gasteiger partial charge in [0.2, 0.25) is 0 Å². The van der Waals surface area contributed by atoms with Crippen LogP contribution in [0.3, 0.4) is 0 Å². The number of carbonyl (C=O) groups is 1. The molecule has 1 aliphatic carbocycles. The van der Waals surface area contributed by atoms with Crippen LogP contribution < -0.4 is 0 Å². The number of rotatable bonds is 5. The van der Waals surface area contributed by atoms with Gasteiger partial charge in [-0.05, 0) is 45.1 Å². The number of ether oxygens (including phenoxy) is 1. The third-order valence-corrected chi connectivity index (χ3v) is 4.06. The smallest absolute Gasteiger partial charge is 0.333 e. The minimum Gasteiger partial charge on any atom is -0.466 e.